The fourth-order valence-electron chi connectivity index (χ4n) is 1.28. The Bertz CT molecular complexity index is 434. The van der Waals surface area contributed by atoms with Crippen molar-refractivity contribution in [2.45, 2.75) is 6.92 Å². The standard InChI is InChI=1S/C11H11NO2/c1-8-6-11(14-12-8)9-4-3-5-10(7-9)13-2/h3-7H,1-2H3. The van der Waals surface area contributed by atoms with Crippen molar-refractivity contribution in [3.63, 3.8) is 0 Å². The van der Waals surface area contributed by atoms with Crippen molar-refractivity contribution in [2.24, 2.45) is 0 Å². The lowest BCUT2D eigenvalue weighted by molar-refractivity contribution is 0.413. The average molecular weight is 189 g/mol. The van der Waals surface area contributed by atoms with Crippen molar-refractivity contribution in [2.75, 3.05) is 7.11 Å². The first kappa shape index (κ1) is 8.81. The van der Waals surface area contributed by atoms with Crippen molar-refractivity contribution in [3.8, 4) is 17.1 Å². The molecule has 72 valence electrons. The number of methoxy groups -OCH3 is 1. The third kappa shape index (κ3) is 1.62. The van der Waals surface area contributed by atoms with Crippen LogP contribution in [0.25, 0.3) is 11.3 Å². The zero-order valence-corrected chi connectivity index (χ0v) is 8.15. The molecule has 0 saturated heterocycles. The lowest BCUT2D eigenvalue weighted by Crippen LogP contribution is -1.82. The molecule has 1 aromatic heterocycles. The minimum atomic E-state index is 0.765. The zero-order chi connectivity index (χ0) is 9.97. The van der Waals surface area contributed by atoms with E-state index in [0.717, 1.165) is 22.8 Å². The van der Waals surface area contributed by atoms with E-state index in [1.807, 2.05) is 37.3 Å². The average Bonchev–Trinajstić information content (AvgIpc) is 2.65. The van der Waals surface area contributed by atoms with E-state index in [1.165, 1.54) is 0 Å². The highest BCUT2D eigenvalue weighted by Crippen LogP contribution is 2.23. The molecule has 0 aliphatic carbocycles. The summed E-state index contributed by atoms with van der Waals surface area (Å²) in [6.45, 7) is 1.90. The van der Waals surface area contributed by atoms with Crippen LogP contribution in [0.4, 0.5) is 0 Å². The third-order valence-electron chi connectivity index (χ3n) is 1.98. The second-order valence-corrected chi connectivity index (χ2v) is 3.06. The van der Waals surface area contributed by atoms with Gasteiger partial charge in [0.15, 0.2) is 5.76 Å². The monoisotopic (exact) mass is 189 g/mol. The van der Waals surface area contributed by atoms with Gasteiger partial charge in [-0.15, -0.1) is 0 Å². The number of hydrogen-bond donors (Lipinski definition) is 0. The molecule has 1 heterocycles. The number of nitrogens with zero attached hydrogens (tertiary/aromatic N) is 1. The number of aryl methyl sites for hydroxylation is 1. The Hall–Kier alpha value is -1.77. The van der Waals surface area contributed by atoms with Crippen molar-refractivity contribution < 1.29 is 9.26 Å². The summed E-state index contributed by atoms with van der Waals surface area (Å²) < 4.78 is 10.3. The van der Waals surface area contributed by atoms with Crippen LogP contribution >= 0.6 is 0 Å². The largest absolute Gasteiger partial charge is 0.497 e. The topological polar surface area (TPSA) is 35.3 Å². The van der Waals surface area contributed by atoms with Crippen LogP contribution in [0.2, 0.25) is 0 Å². The van der Waals surface area contributed by atoms with Crippen LogP contribution in [0.3, 0.4) is 0 Å². The summed E-state index contributed by atoms with van der Waals surface area (Å²) >= 11 is 0. The number of rotatable bonds is 2. The molecule has 0 atom stereocenters. The molecule has 0 bridgehead atoms. The predicted octanol–water partition coefficient (Wildman–Crippen LogP) is 2.66. The van der Waals surface area contributed by atoms with Crippen LogP contribution in [0.1, 0.15) is 5.69 Å². The molecule has 0 aliphatic rings. The Balaban J connectivity index is 2.41. The van der Waals surface area contributed by atoms with E-state index in [4.69, 9.17) is 9.26 Å². The molecule has 0 spiro atoms. The summed E-state index contributed by atoms with van der Waals surface area (Å²) in [6.07, 6.45) is 0. The Morgan fingerprint density at radius 1 is 1.29 bits per heavy atom. The number of benzene rings is 1. The van der Waals surface area contributed by atoms with Gasteiger partial charge < -0.3 is 9.26 Å². The molecule has 0 unspecified atom stereocenters. The molecule has 1 aromatic carbocycles. The van der Waals surface area contributed by atoms with E-state index in [2.05, 4.69) is 5.16 Å². The summed E-state index contributed by atoms with van der Waals surface area (Å²) in [4.78, 5) is 0. The molecule has 3 nitrogen and oxygen atoms in total. The normalized spacial score (nSPS) is 10.1. The molecule has 0 fully saturated rings. The quantitative estimate of drug-likeness (QED) is 0.728. The van der Waals surface area contributed by atoms with Crippen LogP contribution in [0.15, 0.2) is 34.9 Å². The van der Waals surface area contributed by atoms with Gasteiger partial charge in [0.05, 0.1) is 12.8 Å². The van der Waals surface area contributed by atoms with Gasteiger partial charge >= 0.3 is 0 Å². The van der Waals surface area contributed by atoms with Gasteiger partial charge in [0.1, 0.15) is 5.75 Å². The highest BCUT2D eigenvalue weighted by molar-refractivity contribution is 5.59. The minimum absolute atomic E-state index is 0.765. The van der Waals surface area contributed by atoms with E-state index in [-0.39, 0.29) is 0 Å². The first-order valence-electron chi connectivity index (χ1n) is 4.37. The smallest absolute Gasteiger partial charge is 0.167 e. The molecule has 0 aliphatic heterocycles. The van der Waals surface area contributed by atoms with Crippen LogP contribution in [-0.4, -0.2) is 12.3 Å². The van der Waals surface area contributed by atoms with Crippen LogP contribution in [0.5, 0.6) is 5.75 Å². The molecule has 0 amide bonds. The second kappa shape index (κ2) is 3.54. The van der Waals surface area contributed by atoms with Crippen LogP contribution in [0, 0.1) is 6.92 Å². The molecule has 2 rings (SSSR count). The zero-order valence-electron chi connectivity index (χ0n) is 8.15. The maximum absolute atomic E-state index is 5.14. The maximum Gasteiger partial charge on any atom is 0.167 e. The molecular weight excluding hydrogens is 178 g/mol. The van der Waals surface area contributed by atoms with Gasteiger partial charge in [0.25, 0.3) is 0 Å². The van der Waals surface area contributed by atoms with E-state index in [1.54, 1.807) is 7.11 Å². The third-order valence-corrected chi connectivity index (χ3v) is 1.98. The van der Waals surface area contributed by atoms with Gasteiger partial charge in [-0.1, -0.05) is 17.3 Å². The van der Waals surface area contributed by atoms with Gasteiger partial charge in [0, 0.05) is 11.6 Å². The van der Waals surface area contributed by atoms with Crippen molar-refractivity contribution in [1.82, 2.24) is 5.16 Å². The second-order valence-electron chi connectivity index (χ2n) is 3.06. The number of hydrogen-bond acceptors (Lipinski definition) is 3. The number of ether oxygens (including phenoxy) is 1. The van der Waals surface area contributed by atoms with E-state index in [9.17, 15) is 0 Å². The highest BCUT2D eigenvalue weighted by Gasteiger charge is 2.04. The van der Waals surface area contributed by atoms with Gasteiger partial charge in [0.2, 0.25) is 0 Å². The highest BCUT2D eigenvalue weighted by atomic mass is 16.5. The molecule has 3 heteroatoms. The predicted molar refractivity (Wildman–Crippen MR) is 53.2 cm³/mol. The van der Waals surface area contributed by atoms with E-state index >= 15 is 0 Å². The number of aromatic nitrogens is 1. The minimum Gasteiger partial charge on any atom is -0.497 e. The van der Waals surface area contributed by atoms with Gasteiger partial charge in [-0.3, -0.25) is 0 Å². The first-order valence-corrected chi connectivity index (χ1v) is 4.37. The fraction of sp³-hybridized carbons (Fsp3) is 0.182. The summed E-state index contributed by atoms with van der Waals surface area (Å²) in [7, 11) is 1.64. The SMILES string of the molecule is COc1cccc(-c2cc(C)no2)c1. The Kier molecular flexibility index (Phi) is 2.23. The maximum atomic E-state index is 5.14. The molecule has 2 aromatic rings. The van der Waals surface area contributed by atoms with Crippen molar-refractivity contribution in [3.05, 3.63) is 36.0 Å². The van der Waals surface area contributed by atoms with Gasteiger partial charge in [-0.25, -0.2) is 0 Å². The molecule has 0 N–H and O–H groups in total. The van der Waals surface area contributed by atoms with Crippen molar-refractivity contribution >= 4 is 0 Å². The fourth-order valence-corrected chi connectivity index (χ4v) is 1.28. The van der Waals surface area contributed by atoms with Gasteiger partial charge in [-0.05, 0) is 19.1 Å². The lowest BCUT2D eigenvalue weighted by atomic mass is 10.1. The van der Waals surface area contributed by atoms with E-state index in [0.29, 0.717) is 0 Å². The summed E-state index contributed by atoms with van der Waals surface area (Å²) in [5.74, 6) is 1.58. The Labute approximate surface area is 82.3 Å². The summed E-state index contributed by atoms with van der Waals surface area (Å²) in [5, 5.41) is 3.83. The lowest BCUT2D eigenvalue weighted by Gasteiger charge is -2.00. The molecular formula is C11H11NO2. The molecule has 0 radical (unpaired) electrons. The van der Waals surface area contributed by atoms with Crippen LogP contribution < -0.4 is 4.74 Å². The molecule has 14 heavy (non-hydrogen) atoms. The summed E-state index contributed by atoms with van der Waals surface area (Å²) in [5.41, 5.74) is 1.85. The Morgan fingerprint density at radius 2 is 2.14 bits per heavy atom. The Morgan fingerprint density at radius 3 is 2.79 bits per heavy atom. The van der Waals surface area contributed by atoms with Gasteiger partial charge in [-0.2, -0.15) is 0 Å². The van der Waals surface area contributed by atoms with E-state index < -0.39 is 0 Å². The summed E-state index contributed by atoms with van der Waals surface area (Å²) in [6, 6.07) is 9.59. The van der Waals surface area contributed by atoms with Crippen LogP contribution in [-0.2, 0) is 0 Å². The molecule has 0 saturated carbocycles. The first-order chi connectivity index (χ1) is 6.79. The van der Waals surface area contributed by atoms with Crippen molar-refractivity contribution in [1.29, 1.82) is 0 Å².